The number of methoxy groups -OCH3 is 2. The molecule has 452 valence electrons. The number of Topliss-reactive ketones (excluding diaryl/α,β-unsaturated/α-hetero) is 2. The first kappa shape index (κ1) is 64.1. The third-order valence-electron chi connectivity index (χ3n) is 15.6. The van der Waals surface area contributed by atoms with Crippen LogP contribution in [0.5, 0.6) is 23.0 Å². The molecule has 3 heterocycles. The quantitative estimate of drug-likeness (QED) is 0.0262. The van der Waals surface area contributed by atoms with Crippen molar-refractivity contribution >= 4 is 47.1 Å². The Morgan fingerprint density at radius 1 is 0.667 bits per heavy atom. The van der Waals surface area contributed by atoms with Crippen molar-refractivity contribution in [3.8, 4) is 23.0 Å². The van der Waals surface area contributed by atoms with Crippen molar-refractivity contribution in [2.24, 2.45) is 0 Å². The van der Waals surface area contributed by atoms with Crippen LogP contribution in [-0.4, -0.2) is 143 Å². The summed E-state index contributed by atoms with van der Waals surface area (Å²) in [5, 5.41) is 2.17. The van der Waals surface area contributed by atoms with Crippen LogP contribution in [0.2, 0.25) is 0 Å². The van der Waals surface area contributed by atoms with Gasteiger partial charge in [-0.05, 0) is 155 Å². The number of nitrogens with zero attached hydrogens (tertiary/aromatic N) is 2. The van der Waals surface area contributed by atoms with Gasteiger partial charge in [0.1, 0.15) is 42.9 Å². The van der Waals surface area contributed by atoms with Crippen molar-refractivity contribution < 1.29 is 76.3 Å². The number of hydrogen-bond acceptors (Lipinski definition) is 16. The zero-order chi connectivity index (χ0) is 60.1. The van der Waals surface area contributed by atoms with Crippen LogP contribution in [0, 0.1) is 20.8 Å². The topological polar surface area (TPSA) is 229 Å². The third kappa shape index (κ3) is 17.3. The number of nitrogens with one attached hydrogen (secondary N) is 1. The normalized spacial score (nSPS) is 16.6. The van der Waals surface area contributed by atoms with E-state index in [4.69, 9.17) is 37.9 Å². The Bertz CT molecular complexity index is 2980. The number of benzene rings is 4. The molecule has 19 heteroatoms. The molecule has 0 spiro atoms. The number of hydrogen-bond donors (Lipinski definition) is 1. The van der Waals surface area contributed by atoms with Crippen molar-refractivity contribution in [2.75, 3.05) is 73.6 Å². The molecule has 5 amide bonds. The Kier molecular flexibility index (Phi) is 24.4. The molecule has 2 saturated heterocycles. The fraction of sp³-hybridized carbons (Fsp3) is 0.508. The number of ether oxygens (including phenoxy) is 8. The Hall–Kier alpha value is -7.48. The summed E-state index contributed by atoms with van der Waals surface area (Å²) in [5.74, 6) is -2.10. The Morgan fingerprint density at radius 2 is 1.36 bits per heavy atom. The van der Waals surface area contributed by atoms with E-state index < -0.39 is 53.7 Å². The van der Waals surface area contributed by atoms with Gasteiger partial charge in [-0.25, -0.2) is 4.79 Å². The molecule has 4 aromatic rings. The second kappa shape index (κ2) is 32.0. The van der Waals surface area contributed by atoms with E-state index in [1.807, 2.05) is 44.2 Å². The van der Waals surface area contributed by atoms with Gasteiger partial charge < -0.3 is 42.8 Å². The van der Waals surface area contributed by atoms with E-state index in [9.17, 15) is 38.4 Å². The minimum atomic E-state index is -1.10. The molecule has 0 saturated carbocycles. The largest absolute Gasteiger partial charge is 0.493 e. The van der Waals surface area contributed by atoms with Crippen LogP contribution >= 0.6 is 0 Å². The van der Waals surface area contributed by atoms with Crippen LogP contribution in [0.3, 0.4) is 0 Å². The van der Waals surface area contributed by atoms with E-state index in [2.05, 4.69) is 37.4 Å². The van der Waals surface area contributed by atoms with Gasteiger partial charge in [-0.15, -0.1) is 0 Å². The molecule has 7 rings (SSSR count). The number of fused-ring (bicyclic) bond motifs is 1. The standard InChI is InChI=1S/C65H81N3O16/c1-7-51(47-37-44(4)60(78-6)57(39-47)77-5)62(73)67-29-11-8-21-54(67)65(76)84-55(27-25-45-24-23-42(2)43(3)36-45)46-16-14-19-50(38-46)82-40-48(69)17-9-12-30-79-32-34-81-35-33-80-31-13-10-18-49(70)41-83-56-22-15-20-52-59(56)64(75)68(63(52)74)53-26-28-58(71)66-61(53)72/h14-16,19-20,22-24,36-39,51,53-55H,7-13,17-18,21,25-35,40-41H2,1-6H3,(H,66,71,72)/t51-,53?,54?,55+/m0/s1. The van der Waals surface area contributed by atoms with Crippen LogP contribution in [0.25, 0.3) is 0 Å². The predicted molar refractivity (Wildman–Crippen MR) is 310 cm³/mol. The molecular formula is C65H81N3O16. The van der Waals surface area contributed by atoms with Crippen LogP contribution in [0.4, 0.5) is 0 Å². The first-order valence-electron chi connectivity index (χ1n) is 29.4. The predicted octanol–water partition coefficient (Wildman–Crippen LogP) is 8.81. The Balaban J connectivity index is 0.769. The van der Waals surface area contributed by atoms with Gasteiger partial charge in [0.2, 0.25) is 17.7 Å². The number of aryl methyl sites for hydroxylation is 4. The zero-order valence-electron chi connectivity index (χ0n) is 49.4. The highest BCUT2D eigenvalue weighted by molar-refractivity contribution is 6.24. The molecule has 2 unspecified atom stereocenters. The highest BCUT2D eigenvalue weighted by Crippen LogP contribution is 2.38. The molecule has 0 radical (unpaired) electrons. The molecule has 3 aliphatic rings. The van der Waals surface area contributed by atoms with Crippen molar-refractivity contribution in [1.29, 1.82) is 0 Å². The number of likely N-dealkylation sites (tertiary alicyclic amines) is 1. The number of amides is 5. The van der Waals surface area contributed by atoms with Gasteiger partial charge in [0.15, 0.2) is 23.1 Å². The Morgan fingerprint density at radius 3 is 2.02 bits per heavy atom. The lowest BCUT2D eigenvalue weighted by molar-refractivity contribution is -0.162. The van der Waals surface area contributed by atoms with Crippen LogP contribution < -0.4 is 24.3 Å². The molecule has 0 aromatic heterocycles. The average Bonchev–Trinajstić information content (AvgIpc) is 2.81. The maximum Gasteiger partial charge on any atom is 0.329 e. The van der Waals surface area contributed by atoms with Crippen LogP contribution in [0.15, 0.2) is 72.8 Å². The van der Waals surface area contributed by atoms with Crippen molar-refractivity contribution in [3.05, 3.63) is 117 Å². The molecule has 84 heavy (non-hydrogen) atoms. The van der Waals surface area contributed by atoms with E-state index in [-0.39, 0.29) is 66.8 Å². The summed E-state index contributed by atoms with van der Waals surface area (Å²) in [4.78, 5) is 107. The number of esters is 1. The van der Waals surface area contributed by atoms with Crippen LogP contribution in [0.1, 0.15) is 157 Å². The van der Waals surface area contributed by atoms with Gasteiger partial charge in [-0.1, -0.05) is 49.4 Å². The fourth-order valence-corrected chi connectivity index (χ4v) is 10.8. The van der Waals surface area contributed by atoms with Gasteiger partial charge in [-0.3, -0.25) is 43.8 Å². The zero-order valence-corrected chi connectivity index (χ0v) is 49.4. The number of imide groups is 2. The molecular weight excluding hydrogens is 1080 g/mol. The third-order valence-corrected chi connectivity index (χ3v) is 15.6. The molecule has 4 atom stereocenters. The molecule has 0 aliphatic carbocycles. The maximum atomic E-state index is 14.5. The van der Waals surface area contributed by atoms with Crippen molar-refractivity contribution in [1.82, 2.24) is 15.1 Å². The number of carbonyl (C=O) groups is 8. The molecule has 1 N–H and O–H groups in total. The molecule has 3 aliphatic heterocycles. The second-order valence-corrected chi connectivity index (χ2v) is 21.6. The number of piperidine rings is 2. The van der Waals surface area contributed by atoms with Gasteiger partial charge in [0.25, 0.3) is 11.8 Å². The summed E-state index contributed by atoms with van der Waals surface area (Å²) in [5.41, 5.74) is 5.95. The van der Waals surface area contributed by atoms with Crippen molar-refractivity contribution in [2.45, 2.75) is 142 Å². The van der Waals surface area contributed by atoms with Gasteiger partial charge in [0, 0.05) is 39.0 Å². The molecule has 2 fully saturated rings. The maximum absolute atomic E-state index is 14.5. The lowest BCUT2D eigenvalue weighted by atomic mass is 9.91. The van der Waals surface area contributed by atoms with Gasteiger partial charge in [-0.2, -0.15) is 0 Å². The minimum absolute atomic E-state index is 0.00575. The number of ketones is 2. The monoisotopic (exact) mass is 1160 g/mol. The second-order valence-electron chi connectivity index (χ2n) is 21.6. The first-order valence-corrected chi connectivity index (χ1v) is 29.4. The summed E-state index contributed by atoms with van der Waals surface area (Å²) in [6.45, 7) is 10.5. The van der Waals surface area contributed by atoms with Crippen LogP contribution in [-0.2, 0) is 54.1 Å². The first-order chi connectivity index (χ1) is 40.6. The SMILES string of the molecule is CC[C@H](C(=O)N1CCCCC1C(=O)O[C@H](CCc1ccc(C)c(C)c1)c1cccc(OCC(=O)CCCCOCCOCCOCCCCC(=O)COc2cccc3c2C(=O)N(C2CCC(=O)NC2=O)C3=O)c1)c1cc(C)c(OC)c(OC)c1. The average molecular weight is 1160 g/mol. The van der Waals surface area contributed by atoms with Gasteiger partial charge in [0.05, 0.1) is 57.7 Å². The Labute approximate surface area is 492 Å². The van der Waals surface area contributed by atoms with E-state index in [0.29, 0.717) is 121 Å². The molecule has 4 aromatic carbocycles. The van der Waals surface area contributed by atoms with Crippen molar-refractivity contribution in [3.63, 3.8) is 0 Å². The highest BCUT2D eigenvalue weighted by atomic mass is 16.6. The number of unbranched alkanes of at least 4 members (excludes halogenated alkanes) is 2. The smallest absolute Gasteiger partial charge is 0.329 e. The van der Waals surface area contributed by atoms with E-state index in [0.717, 1.165) is 40.0 Å². The molecule has 19 nitrogen and oxygen atoms in total. The minimum Gasteiger partial charge on any atom is -0.493 e. The summed E-state index contributed by atoms with van der Waals surface area (Å²) in [6.07, 6.45) is 6.19. The highest BCUT2D eigenvalue weighted by Gasteiger charge is 2.46. The lowest BCUT2D eigenvalue weighted by Crippen LogP contribution is -2.54. The summed E-state index contributed by atoms with van der Waals surface area (Å²) in [7, 11) is 3.16. The lowest BCUT2D eigenvalue weighted by Gasteiger charge is -2.37. The van der Waals surface area contributed by atoms with E-state index >= 15 is 0 Å². The van der Waals surface area contributed by atoms with Gasteiger partial charge >= 0.3 is 5.97 Å². The fourth-order valence-electron chi connectivity index (χ4n) is 10.8. The van der Waals surface area contributed by atoms with E-state index in [1.54, 1.807) is 31.3 Å². The summed E-state index contributed by atoms with van der Waals surface area (Å²) < 4.78 is 46.3. The summed E-state index contributed by atoms with van der Waals surface area (Å²) >= 11 is 0. The number of carbonyl (C=O) groups excluding carboxylic acids is 8. The molecule has 0 bridgehead atoms. The number of rotatable bonds is 34. The summed E-state index contributed by atoms with van der Waals surface area (Å²) in [6, 6.07) is 20.1. The van der Waals surface area contributed by atoms with E-state index in [1.165, 1.54) is 23.3 Å².